The van der Waals surface area contributed by atoms with E-state index in [1.54, 1.807) is 0 Å². The Morgan fingerprint density at radius 3 is 2.42 bits per heavy atom. The number of nitrogens with zero attached hydrogens (tertiary/aromatic N) is 1. The quantitative estimate of drug-likeness (QED) is 0.497. The number of anilines is 1. The van der Waals surface area contributed by atoms with Gasteiger partial charge in [0.25, 0.3) is 11.6 Å². The van der Waals surface area contributed by atoms with Gasteiger partial charge in [-0.1, -0.05) is 0 Å². The van der Waals surface area contributed by atoms with Crippen LogP contribution < -0.4 is 5.32 Å². The zero-order valence-corrected chi connectivity index (χ0v) is 9.62. The second-order valence-electron chi connectivity index (χ2n) is 3.70. The molecule has 2 N–H and O–H groups in total. The Labute approximate surface area is 107 Å². The van der Waals surface area contributed by atoms with Gasteiger partial charge in [0.15, 0.2) is 6.29 Å². The van der Waals surface area contributed by atoms with E-state index in [0.29, 0.717) is 17.7 Å². The van der Waals surface area contributed by atoms with Crippen LogP contribution in [0, 0.1) is 10.1 Å². The van der Waals surface area contributed by atoms with E-state index in [1.807, 2.05) is 0 Å². The Bertz CT molecular complexity index is 631. The molecule has 0 saturated carbocycles. The van der Waals surface area contributed by atoms with Gasteiger partial charge in [-0.3, -0.25) is 19.7 Å². The fourth-order valence-electron chi connectivity index (χ4n) is 1.48. The van der Waals surface area contributed by atoms with Crippen LogP contribution >= 0.6 is 0 Å². The highest BCUT2D eigenvalue weighted by molar-refractivity contribution is 6.03. The Morgan fingerprint density at radius 1 is 1.21 bits per heavy atom. The number of carbonyl (C=O) groups is 2. The fourth-order valence-corrected chi connectivity index (χ4v) is 1.48. The molecule has 7 heteroatoms. The fraction of sp³-hybridized carbons (Fsp3) is 0. The molecule has 0 radical (unpaired) electrons. The molecule has 2 rings (SSSR count). The molecule has 0 saturated heterocycles. The number of hydrogen-bond acceptors (Lipinski definition) is 4. The van der Waals surface area contributed by atoms with Gasteiger partial charge in [-0.2, -0.15) is 0 Å². The lowest BCUT2D eigenvalue weighted by atomic mass is 10.3. The van der Waals surface area contributed by atoms with Crippen molar-refractivity contribution < 1.29 is 14.5 Å². The number of aldehydes is 1. The molecule has 0 fully saturated rings. The number of rotatable bonds is 4. The van der Waals surface area contributed by atoms with Crippen molar-refractivity contribution in [2.45, 2.75) is 0 Å². The molecule has 0 unspecified atom stereocenters. The molecule has 0 bridgehead atoms. The molecule has 1 heterocycles. The van der Waals surface area contributed by atoms with Crippen LogP contribution in [0.15, 0.2) is 36.4 Å². The maximum absolute atomic E-state index is 11.8. The van der Waals surface area contributed by atoms with Crippen molar-refractivity contribution in [3.05, 3.63) is 57.9 Å². The van der Waals surface area contributed by atoms with E-state index in [9.17, 15) is 19.7 Å². The monoisotopic (exact) mass is 259 g/mol. The standard InChI is InChI=1S/C12H9N3O4/c16-7-9-3-6-11(13-9)12(17)14-8-1-4-10(5-2-8)15(18)19/h1-7,13H,(H,14,17). The first-order chi connectivity index (χ1) is 9.10. The predicted octanol–water partition coefficient (Wildman–Crippen LogP) is 1.99. The lowest BCUT2D eigenvalue weighted by Gasteiger charge is -2.03. The van der Waals surface area contributed by atoms with Gasteiger partial charge < -0.3 is 10.3 Å². The lowest BCUT2D eigenvalue weighted by molar-refractivity contribution is -0.384. The molecule has 0 aliphatic carbocycles. The second-order valence-corrected chi connectivity index (χ2v) is 3.70. The zero-order valence-electron chi connectivity index (χ0n) is 9.62. The maximum atomic E-state index is 11.8. The lowest BCUT2D eigenvalue weighted by Crippen LogP contribution is -2.12. The van der Waals surface area contributed by atoms with Crippen molar-refractivity contribution in [1.82, 2.24) is 4.98 Å². The van der Waals surface area contributed by atoms with Crippen LogP contribution in [0.3, 0.4) is 0 Å². The number of aromatic nitrogens is 1. The third-order valence-corrected chi connectivity index (χ3v) is 2.42. The minimum Gasteiger partial charge on any atom is -0.348 e. The number of aromatic amines is 1. The van der Waals surface area contributed by atoms with E-state index in [0.717, 1.165) is 0 Å². The first-order valence-corrected chi connectivity index (χ1v) is 5.30. The van der Waals surface area contributed by atoms with E-state index < -0.39 is 10.8 Å². The number of amides is 1. The third kappa shape index (κ3) is 2.83. The average molecular weight is 259 g/mol. The number of non-ortho nitro benzene ring substituents is 1. The Hall–Kier alpha value is -2.96. The molecule has 0 aliphatic heterocycles. The van der Waals surface area contributed by atoms with Gasteiger partial charge in [-0.15, -0.1) is 0 Å². The van der Waals surface area contributed by atoms with Crippen LogP contribution in [-0.2, 0) is 0 Å². The van der Waals surface area contributed by atoms with Gasteiger partial charge in [0.05, 0.1) is 10.6 Å². The highest BCUT2D eigenvalue weighted by atomic mass is 16.6. The van der Waals surface area contributed by atoms with Crippen LogP contribution in [0.5, 0.6) is 0 Å². The predicted molar refractivity (Wildman–Crippen MR) is 67.2 cm³/mol. The molecule has 1 aromatic heterocycles. The molecular formula is C12H9N3O4. The summed E-state index contributed by atoms with van der Waals surface area (Å²) in [5.41, 5.74) is 0.910. The first-order valence-electron chi connectivity index (χ1n) is 5.30. The third-order valence-electron chi connectivity index (χ3n) is 2.42. The van der Waals surface area contributed by atoms with Crippen LogP contribution in [0.4, 0.5) is 11.4 Å². The van der Waals surface area contributed by atoms with Crippen molar-refractivity contribution >= 4 is 23.6 Å². The highest BCUT2D eigenvalue weighted by Gasteiger charge is 2.10. The van der Waals surface area contributed by atoms with Gasteiger partial charge in [-0.25, -0.2) is 0 Å². The summed E-state index contributed by atoms with van der Waals surface area (Å²) in [7, 11) is 0. The number of nitrogens with one attached hydrogen (secondary N) is 2. The van der Waals surface area contributed by atoms with Gasteiger partial charge in [-0.05, 0) is 24.3 Å². The van der Waals surface area contributed by atoms with Crippen molar-refractivity contribution in [2.24, 2.45) is 0 Å². The summed E-state index contributed by atoms with van der Waals surface area (Å²) in [6, 6.07) is 8.41. The first kappa shape index (κ1) is 12.5. The van der Waals surface area contributed by atoms with Gasteiger partial charge >= 0.3 is 0 Å². The molecule has 0 aliphatic rings. The number of nitro groups is 1. The summed E-state index contributed by atoms with van der Waals surface area (Å²) in [5, 5.41) is 13.0. The van der Waals surface area contributed by atoms with E-state index in [4.69, 9.17) is 0 Å². The Balaban J connectivity index is 2.10. The van der Waals surface area contributed by atoms with Crippen molar-refractivity contribution in [3.8, 4) is 0 Å². The van der Waals surface area contributed by atoms with E-state index in [1.165, 1.54) is 36.4 Å². The van der Waals surface area contributed by atoms with Crippen molar-refractivity contribution in [2.75, 3.05) is 5.32 Å². The zero-order chi connectivity index (χ0) is 13.8. The van der Waals surface area contributed by atoms with Gasteiger partial charge in [0.1, 0.15) is 5.69 Å². The number of hydrogen-bond donors (Lipinski definition) is 2. The molecule has 7 nitrogen and oxygen atoms in total. The summed E-state index contributed by atoms with van der Waals surface area (Å²) in [6.07, 6.45) is 0.600. The molecule has 2 aromatic rings. The molecule has 0 spiro atoms. The number of carbonyl (C=O) groups excluding carboxylic acids is 2. The average Bonchev–Trinajstić information content (AvgIpc) is 2.88. The molecular weight excluding hydrogens is 250 g/mol. The highest BCUT2D eigenvalue weighted by Crippen LogP contribution is 2.16. The topological polar surface area (TPSA) is 105 Å². The van der Waals surface area contributed by atoms with E-state index >= 15 is 0 Å². The van der Waals surface area contributed by atoms with Gasteiger partial charge in [0.2, 0.25) is 0 Å². The van der Waals surface area contributed by atoms with Crippen molar-refractivity contribution in [3.63, 3.8) is 0 Å². The molecule has 0 atom stereocenters. The minimum atomic E-state index is -0.521. The molecule has 19 heavy (non-hydrogen) atoms. The summed E-state index contributed by atoms with van der Waals surface area (Å²) in [4.78, 5) is 34.8. The summed E-state index contributed by atoms with van der Waals surface area (Å²) >= 11 is 0. The van der Waals surface area contributed by atoms with Crippen molar-refractivity contribution in [1.29, 1.82) is 0 Å². The molecule has 1 aromatic carbocycles. The smallest absolute Gasteiger partial charge is 0.272 e. The maximum Gasteiger partial charge on any atom is 0.272 e. The SMILES string of the molecule is O=Cc1ccc(C(=O)Nc2ccc([N+](=O)[O-])cc2)[nH]1. The Kier molecular flexibility index (Phi) is 3.37. The number of nitro benzene ring substituents is 1. The normalized spacial score (nSPS) is 9.89. The van der Waals surface area contributed by atoms with Crippen LogP contribution in [-0.4, -0.2) is 22.1 Å². The summed E-state index contributed by atoms with van der Waals surface area (Å²) in [5.74, 6) is -0.429. The summed E-state index contributed by atoms with van der Waals surface area (Å²) < 4.78 is 0. The number of H-pyrrole nitrogens is 1. The van der Waals surface area contributed by atoms with E-state index in [2.05, 4.69) is 10.3 Å². The van der Waals surface area contributed by atoms with E-state index in [-0.39, 0.29) is 11.4 Å². The number of benzene rings is 1. The van der Waals surface area contributed by atoms with Crippen LogP contribution in [0.1, 0.15) is 21.0 Å². The molecule has 96 valence electrons. The Morgan fingerprint density at radius 2 is 1.89 bits per heavy atom. The largest absolute Gasteiger partial charge is 0.348 e. The van der Waals surface area contributed by atoms with Crippen LogP contribution in [0.25, 0.3) is 0 Å². The van der Waals surface area contributed by atoms with Crippen LogP contribution in [0.2, 0.25) is 0 Å². The minimum absolute atomic E-state index is 0.0545. The van der Waals surface area contributed by atoms with Gasteiger partial charge in [0, 0.05) is 17.8 Å². The molecule has 1 amide bonds. The summed E-state index contributed by atoms with van der Waals surface area (Å²) in [6.45, 7) is 0. The second kappa shape index (κ2) is 5.13.